The van der Waals surface area contributed by atoms with Gasteiger partial charge in [-0.25, -0.2) is 4.98 Å². The van der Waals surface area contributed by atoms with Crippen molar-refractivity contribution in [2.45, 2.75) is 34.6 Å². The van der Waals surface area contributed by atoms with Gasteiger partial charge in [0, 0.05) is 24.0 Å². The highest BCUT2D eigenvalue weighted by molar-refractivity contribution is 6.04. The van der Waals surface area contributed by atoms with E-state index in [1.165, 1.54) is 33.3 Å². The molecule has 0 aliphatic carbocycles. The molecule has 0 spiro atoms. The molecule has 0 N–H and O–H groups in total. The van der Waals surface area contributed by atoms with Crippen molar-refractivity contribution in [3.8, 4) is 11.1 Å². The number of hydrogen-bond donors (Lipinski definition) is 0. The summed E-state index contributed by atoms with van der Waals surface area (Å²) in [6, 6.07) is 17.2. The minimum Gasteiger partial charge on any atom is -0.371 e. The fraction of sp³-hybridized carbons (Fsp3) is 0.292. The number of rotatable bonds is 5. The van der Waals surface area contributed by atoms with Gasteiger partial charge in [0.05, 0.1) is 16.9 Å². The summed E-state index contributed by atoms with van der Waals surface area (Å²) in [7, 11) is 0. The van der Waals surface area contributed by atoms with Crippen LogP contribution in [0.2, 0.25) is 0 Å². The van der Waals surface area contributed by atoms with Crippen LogP contribution in [0.5, 0.6) is 0 Å². The second kappa shape index (κ2) is 7.74. The Labute approximate surface area is 157 Å². The van der Waals surface area contributed by atoms with E-state index in [9.17, 15) is 0 Å². The molecule has 2 heteroatoms. The van der Waals surface area contributed by atoms with Crippen molar-refractivity contribution >= 4 is 22.2 Å². The molecule has 1 heterocycles. The third kappa shape index (κ3) is 3.24. The molecular formula is C24H28N2. The third-order valence-electron chi connectivity index (χ3n) is 5.06. The maximum Gasteiger partial charge on any atom is 0.0762 e. The van der Waals surface area contributed by atoms with Crippen LogP contribution in [-0.4, -0.2) is 18.1 Å². The number of benzene rings is 2. The summed E-state index contributed by atoms with van der Waals surface area (Å²) in [5.74, 6) is 0. The molecule has 2 nitrogen and oxygen atoms in total. The molecule has 0 fully saturated rings. The van der Waals surface area contributed by atoms with Crippen molar-refractivity contribution in [1.82, 2.24) is 4.98 Å². The smallest absolute Gasteiger partial charge is 0.0762 e. The molecule has 0 atom stereocenters. The summed E-state index contributed by atoms with van der Waals surface area (Å²) >= 11 is 0. The van der Waals surface area contributed by atoms with Crippen LogP contribution in [0.25, 0.3) is 27.6 Å². The largest absolute Gasteiger partial charge is 0.371 e. The molecule has 134 valence electrons. The maximum absolute atomic E-state index is 5.08. The van der Waals surface area contributed by atoms with Crippen LogP contribution in [-0.2, 0) is 0 Å². The predicted molar refractivity (Wildman–Crippen MR) is 115 cm³/mol. The van der Waals surface area contributed by atoms with Gasteiger partial charge in [0.25, 0.3) is 0 Å². The first-order chi connectivity index (χ1) is 12.6. The summed E-state index contributed by atoms with van der Waals surface area (Å²) in [6.07, 6.45) is 2.15. The number of pyridine rings is 1. The monoisotopic (exact) mass is 344 g/mol. The van der Waals surface area contributed by atoms with Gasteiger partial charge in [0.1, 0.15) is 0 Å². The number of aromatic nitrogens is 1. The van der Waals surface area contributed by atoms with E-state index in [4.69, 9.17) is 4.98 Å². The van der Waals surface area contributed by atoms with E-state index >= 15 is 0 Å². The number of fused-ring (bicyclic) bond motifs is 1. The number of hydrogen-bond acceptors (Lipinski definition) is 2. The van der Waals surface area contributed by atoms with E-state index in [1.54, 1.807) is 0 Å². The zero-order chi connectivity index (χ0) is 18.7. The Bertz CT molecular complexity index is 935. The van der Waals surface area contributed by atoms with Crippen molar-refractivity contribution in [2.24, 2.45) is 0 Å². The Balaban J connectivity index is 2.52. The lowest BCUT2D eigenvalue weighted by molar-refractivity contribution is 0.870. The average molecular weight is 345 g/mol. The van der Waals surface area contributed by atoms with Gasteiger partial charge in [0.2, 0.25) is 0 Å². The normalized spacial score (nSPS) is 11.8. The number of nitrogens with zero attached hydrogens (tertiary/aromatic N) is 2. The van der Waals surface area contributed by atoms with E-state index in [0.717, 1.165) is 24.3 Å². The van der Waals surface area contributed by atoms with Crippen molar-refractivity contribution in [1.29, 1.82) is 0 Å². The zero-order valence-corrected chi connectivity index (χ0v) is 16.5. The Kier molecular flexibility index (Phi) is 5.41. The van der Waals surface area contributed by atoms with Gasteiger partial charge in [-0.1, -0.05) is 48.0 Å². The highest BCUT2D eigenvalue weighted by Gasteiger charge is 2.20. The van der Waals surface area contributed by atoms with E-state index in [0.29, 0.717) is 0 Å². The molecule has 0 aliphatic rings. The summed E-state index contributed by atoms with van der Waals surface area (Å²) in [5.41, 5.74) is 8.38. The second-order valence-corrected chi connectivity index (χ2v) is 6.71. The lowest BCUT2D eigenvalue weighted by atomic mass is 9.94. The van der Waals surface area contributed by atoms with E-state index in [-0.39, 0.29) is 0 Å². The average Bonchev–Trinajstić information content (AvgIpc) is 2.68. The summed E-state index contributed by atoms with van der Waals surface area (Å²) in [6.45, 7) is 12.8. The van der Waals surface area contributed by atoms with Crippen molar-refractivity contribution in [3.05, 3.63) is 65.9 Å². The molecule has 26 heavy (non-hydrogen) atoms. The molecule has 3 aromatic rings. The van der Waals surface area contributed by atoms with E-state index in [1.807, 2.05) is 0 Å². The molecule has 0 bridgehead atoms. The minimum absolute atomic E-state index is 0.970. The van der Waals surface area contributed by atoms with E-state index < -0.39 is 0 Å². The molecule has 2 aromatic carbocycles. The summed E-state index contributed by atoms with van der Waals surface area (Å²) < 4.78 is 0. The SMILES string of the molecule is C/C=C(/C)c1nc2ccc(C)cc2c(N(CC)CC)c1-c1ccccc1. The number of aryl methyl sites for hydroxylation is 1. The van der Waals surface area contributed by atoms with Crippen LogP contribution >= 0.6 is 0 Å². The predicted octanol–water partition coefficient (Wildman–Crippen LogP) is 6.48. The first kappa shape index (κ1) is 18.2. The summed E-state index contributed by atoms with van der Waals surface area (Å²) in [4.78, 5) is 7.54. The molecule has 0 saturated heterocycles. The van der Waals surface area contributed by atoms with Gasteiger partial charge >= 0.3 is 0 Å². The molecule has 0 radical (unpaired) electrons. The Morgan fingerprint density at radius 3 is 2.35 bits per heavy atom. The zero-order valence-electron chi connectivity index (χ0n) is 16.5. The maximum atomic E-state index is 5.08. The number of allylic oxidation sites excluding steroid dienone is 2. The fourth-order valence-corrected chi connectivity index (χ4v) is 3.53. The topological polar surface area (TPSA) is 16.1 Å². The Morgan fingerprint density at radius 2 is 1.73 bits per heavy atom. The van der Waals surface area contributed by atoms with Crippen molar-refractivity contribution in [2.75, 3.05) is 18.0 Å². The van der Waals surface area contributed by atoms with Crippen LogP contribution in [0.3, 0.4) is 0 Å². The lowest BCUT2D eigenvalue weighted by Gasteiger charge is -2.28. The first-order valence-electron chi connectivity index (χ1n) is 9.48. The molecule has 0 aliphatic heterocycles. The van der Waals surface area contributed by atoms with Gasteiger partial charge in [0.15, 0.2) is 0 Å². The molecule has 1 aromatic heterocycles. The number of anilines is 1. The van der Waals surface area contributed by atoms with Gasteiger partial charge in [-0.05, 0) is 57.9 Å². The van der Waals surface area contributed by atoms with Gasteiger partial charge in [-0.3, -0.25) is 0 Å². The minimum atomic E-state index is 0.970. The van der Waals surface area contributed by atoms with Crippen molar-refractivity contribution in [3.63, 3.8) is 0 Å². The third-order valence-corrected chi connectivity index (χ3v) is 5.06. The Morgan fingerprint density at radius 1 is 1.04 bits per heavy atom. The quantitative estimate of drug-likeness (QED) is 0.526. The van der Waals surface area contributed by atoms with Crippen LogP contribution in [0, 0.1) is 6.92 Å². The van der Waals surface area contributed by atoms with Crippen LogP contribution in [0.15, 0.2) is 54.6 Å². The standard InChI is InChI=1S/C24H28N2/c1-6-18(5)23-22(19-12-10-9-11-13-19)24(26(7-2)8-3)20-16-17(4)14-15-21(20)25-23/h6,9-16H,7-8H2,1-5H3/b18-6-. The summed E-state index contributed by atoms with van der Waals surface area (Å²) in [5, 5.41) is 1.24. The van der Waals surface area contributed by atoms with Crippen LogP contribution in [0.1, 0.15) is 39.0 Å². The molecule has 0 unspecified atom stereocenters. The highest BCUT2D eigenvalue weighted by atomic mass is 15.1. The Hall–Kier alpha value is -2.61. The van der Waals surface area contributed by atoms with Gasteiger partial charge in [-0.2, -0.15) is 0 Å². The molecule has 0 amide bonds. The van der Waals surface area contributed by atoms with Crippen LogP contribution < -0.4 is 4.90 Å². The second-order valence-electron chi connectivity index (χ2n) is 6.71. The first-order valence-corrected chi connectivity index (χ1v) is 9.48. The highest BCUT2D eigenvalue weighted by Crippen LogP contribution is 2.41. The lowest BCUT2D eigenvalue weighted by Crippen LogP contribution is -2.23. The van der Waals surface area contributed by atoms with Gasteiger partial charge in [-0.15, -0.1) is 0 Å². The fourth-order valence-electron chi connectivity index (χ4n) is 3.53. The molecular weight excluding hydrogens is 316 g/mol. The van der Waals surface area contributed by atoms with Gasteiger partial charge < -0.3 is 4.90 Å². The van der Waals surface area contributed by atoms with Crippen LogP contribution in [0.4, 0.5) is 5.69 Å². The molecule has 0 saturated carbocycles. The van der Waals surface area contributed by atoms with Crippen molar-refractivity contribution < 1.29 is 0 Å². The van der Waals surface area contributed by atoms with E-state index in [2.05, 4.69) is 94.1 Å². The molecule has 3 rings (SSSR count).